The Kier molecular flexibility index (Phi) is 5.15. The number of hydrogen-bond donors (Lipinski definition) is 1. The second-order valence-electron chi connectivity index (χ2n) is 7.49. The summed E-state index contributed by atoms with van der Waals surface area (Å²) >= 11 is 1.66. The number of carbonyl (C=O) groups excluding carboxylic acids is 1. The molecule has 2 aromatic heterocycles. The van der Waals surface area contributed by atoms with E-state index < -0.39 is 0 Å². The van der Waals surface area contributed by atoms with E-state index in [4.69, 9.17) is 0 Å². The normalized spacial score (nSPS) is 14.7. The molecule has 4 aromatic rings. The molecule has 0 spiro atoms. The average molecular weight is 415 g/mol. The van der Waals surface area contributed by atoms with Crippen molar-refractivity contribution in [2.24, 2.45) is 0 Å². The number of nitrogens with zero attached hydrogens (tertiary/aromatic N) is 3. The number of nitrogens with one attached hydrogen (secondary N) is 1. The summed E-state index contributed by atoms with van der Waals surface area (Å²) in [6.07, 6.45) is 3.45. The summed E-state index contributed by atoms with van der Waals surface area (Å²) in [6.45, 7) is 1.71. The van der Waals surface area contributed by atoms with Gasteiger partial charge in [-0.25, -0.2) is 9.97 Å². The van der Waals surface area contributed by atoms with Crippen molar-refractivity contribution in [3.8, 4) is 11.1 Å². The summed E-state index contributed by atoms with van der Waals surface area (Å²) < 4.78 is 0. The van der Waals surface area contributed by atoms with Crippen molar-refractivity contribution in [2.75, 3.05) is 18.0 Å². The minimum atomic E-state index is 0.00248. The lowest BCUT2D eigenvalue weighted by molar-refractivity contribution is 0.0931. The van der Waals surface area contributed by atoms with Gasteiger partial charge in [-0.15, -0.1) is 11.3 Å². The molecular weight excluding hydrogens is 392 g/mol. The number of piperidine rings is 1. The lowest BCUT2D eigenvalue weighted by Gasteiger charge is -2.33. The molecule has 0 atom stereocenters. The molecule has 1 amide bonds. The first-order valence-corrected chi connectivity index (χ1v) is 11.1. The van der Waals surface area contributed by atoms with Gasteiger partial charge in [-0.3, -0.25) is 4.79 Å². The van der Waals surface area contributed by atoms with Crippen molar-refractivity contribution in [2.45, 2.75) is 18.9 Å². The van der Waals surface area contributed by atoms with Gasteiger partial charge in [0.2, 0.25) is 0 Å². The highest BCUT2D eigenvalue weighted by molar-refractivity contribution is 7.17. The number of anilines is 1. The van der Waals surface area contributed by atoms with Gasteiger partial charge in [0.1, 0.15) is 17.0 Å². The first-order chi connectivity index (χ1) is 14.8. The second kappa shape index (κ2) is 8.24. The highest BCUT2D eigenvalue weighted by Crippen LogP contribution is 2.38. The predicted molar refractivity (Wildman–Crippen MR) is 122 cm³/mol. The SMILES string of the molecule is O=C(NC1CCN(c2ncnc3scc(-c4ccccc4)c23)CC1)c1ccccc1. The van der Waals surface area contributed by atoms with Gasteiger partial charge in [-0.2, -0.15) is 0 Å². The molecule has 5 rings (SSSR count). The van der Waals surface area contributed by atoms with Crippen LogP contribution in [0.5, 0.6) is 0 Å². The third kappa shape index (κ3) is 3.66. The molecule has 0 aliphatic carbocycles. The molecule has 0 radical (unpaired) electrons. The quantitative estimate of drug-likeness (QED) is 0.523. The molecule has 1 aliphatic heterocycles. The number of thiophene rings is 1. The number of aromatic nitrogens is 2. The fourth-order valence-corrected chi connectivity index (χ4v) is 4.93. The van der Waals surface area contributed by atoms with E-state index >= 15 is 0 Å². The Morgan fingerprint density at radius 1 is 0.967 bits per heavy atom. The summed E-state index contributed by atoms with van der Waals surface area (Å²) in [7, 11) is 0. The molecule has 5 nitrogen and oxygen atoms in total. The van der Waals surface area contributed by atoms with Crippen molar-refractivity contribution < 1.29 is 4.79 Å². The number of carbonyl (C=O) groups is 1. The van der Waals surface area contributed by atoms with E-state index in [1.54, 1.807) is 17.7 Å². The Morgan fingerprint density at radius 3 is 2.40 bits per heavy atom. The molecule has 2 aromatic carbocycles. The highest BCUT2D eigenvalue weighted by atomic mass is 32.1. The monoisotopic (exact) mass is 414 g/mol. The zero-order chi connectivity index (χ0) is 20.3. The fraction of sp³-hybridized carbons (Fsp3) is 0.208. The Bertz CT molecular complexity index is 1150. The van der Waals surface area contributed by atoms with Gasteiger partial charge < -0.3 is 10.2 Å². The van der Waals surface area contributed by atoms with Crippen LogP contribution in [0, 0.1) is 0 Å². The van der Waals surface area contributed by atoms with Crippen LogP contribution in [0.25, 0.3) is 21.3 Å². The van der Waals surface area contributed by atoms with Crippen molar-refractivity contribution >= 4 is 33.3 Å². The van der Waals surface area contributed by atoms with Gasteiger partial charge in [0.05, 0.1) is 5.39 Å². The molecule has 1 saturated heterocycles. The van der Waals surface area contributed by atoms with Gasteiger partial charge in [0, 0.05) is 35.6 Å². The summed E-state index contributed by atoms with van der Waals surface area (Å²) in [5.74, 6) is 0.996. The van der Waals surface area contributed by atoms with Gasteiger partial charge in [-0.05, 0) is 30.5 Å². The molecule has 0 bridgehead atoms. The van der Waals surface area contributed by atoms with E-state index in [0.717, 1.165) is 42.0 Å². The van der Waals surface area contributed by atoms with Crippen LogP contribution in [0.15, 0.2) is 72.4 Å². The first kappa shape index (κ1) is 18.8. The van der Waals surface area contributed by atoms with Crippen LogP contribution in [-0.4, -0.2) is 35.0 Å². The molecule has 6 heteroatoms. The maximum absolute atomic E-state index is 12.5. The van der Waals surface area contributed by atoms with Crippen LogP contribution >= 0.6 is 11.3 Å². The van der Waals surface area contributed by atoms with Gasteiger partial charge in [0.25, 0.3) is 5.91 Å². The number of amides is 1. The van der Waals surface area contributed by atoms with E-state index in [1.807, 2.05) is 36.4 Å². The third-order valence-corrected chi connectivity index (χ3v) is 6.49. The Morgan fingerprint density at radius 2 is 1.67 bits per heavy atom. The molecule has 1 aliphatic rings. The average Bonchev–Trinajstić information content (AvgIpc) is 3.25. The topological polar surface area (TPSA) is 58.1 Å². The fourth-order valence-electron chi connectivity index (χ4n) is 4.02. The zero-order valence-corrected chi connectivity index (χ0v) is 17.3. The number of fused-ring (bicyclic) bond motifs is 1. The molecule has 1 fully saturated rings. The molecular formula is C24H22N4OS. The van der Waals surface area contributed by atoms with Crippen LogP contribution in [0.3, 0.4) is 0 Å². The summed E-state index contributed by atoms with van der Waals surface area (Å²) in [5.41, 5.74) is 3.08. The minimum Gasteiger partial charge on any atom is -0.356 e. The molecule has 30 heavy (non-hydrogen) atoms. The van der Waals surface area contributed by atoms with Gasteiger partial charge in [-0.1, -0.05) is 48.5 Å². The van der Waals surface area contributed by atoms with Crippen molar-refractivity contribution in [1.29, 1.82) is 0 Å². The molecule has 0 unspecified atom stereocenters. The summed E-state index contributed by atoms with van der Waals surface area (Å²) in [4.78, 5) is 25.0. The number of hydrogen-bond acceptors (Lipinski definition) is 5. The Hall–Kier alpha value is -3.25. The van der Waals surface area contributed by atoms with Crippen LogP contribution in [0.2, 0.25) is 0 Å². The maximum atomic E-state index is 12.5. The third-order valence-electron chi connectivity index (χ3n) is 5.60. The number of benzene rings is 2. The minimum absolute atomic E-state index is 0.00248. The molecule has 0 saturated carbocycles. The zero-order valence-electron chi connectivity index (χ0n) is 16.5. The van der Waals surface area contributed by atoms with Crippen LogP contribution in [0.1, 0.15) is 23.2 Å². The largest absolute Gasteiger partial charge is 0.356 e. The van der Waals surface area contributed by atoms with Gasteiger partial charge >= 0.3 is 0 Å². The van der Waals surface area contributed by atoms with Crippen LogP contribution in [0.4, 0.5) is 5.82 Å². The van der Waals surface area contributed by atoms with Crippen molar-refractivity contribution in [3.63, 3.8) is 0 Å². The predicted octanol–water partition coefficient (Wildman–Crippen LogP) is 4.76. The standard InChI is InChI=1S/C24H22N4OS/c29-23(18-9-5-2-6-10-18)27-19-11-13-28(14-12-19)22-21-20(17-7-3-1-4-8-17)15-30-24(21)26-16-25-22/h1-10,15-16,19H,11-14H2,(H,27,29). The van der Waals surface area contributed by atoms with Crippen molar-refractivity contribution in [1.82, 2.24) is 15.3 Å². The van der Waals surface area contributed by atoms with Crippen molar-refractivity contribution in [3.05, 3.63) is 77.9 Å². The molecule has 150 valence electrons. The van der Waals surface area contributed by atoms with E-state index in [1.165, 1.54) is 11.1 Å². The Balaban J connectivity index is 1.34. The lowest BCUT2D eigenvalue weighted by atomic mass is 10.0. The Labute approximate surface area is 179 Å². The summed E-state index contributed by atoms with van der Waals surface area (Å²) in [5, 5.41) is 6.48. The highest BCUT2D eigenvalue weighted by Gasteiger charge is 2.24. The van der Waals surface area contributed by atoms with E-state index in [2.05, 4.69) is 49.8 Å². The lowest BCUT2D eigenvalue weighted by Crippen LogP contribution is -2.45. The van der Waals surface area contributed by atoms with E-state index in [-0.39, 0.29) is 11.9 Å². The van der Waals surface area contributed by atoms with Crippen LogP contribution in [-0.2, 0) is 0 Å². The van der Waals surface area contributed by atoms with Gasteiger partial charge in [0.15, 0.2) is 0 Å². The van der Waals surface area contributed by atoms with Crippen LogP contribution < -0.4 is 10.2 Å². The van der Waals surface area contributed by atoms with E-state index in [0.29, 0.717) is 5.56 Å². The molecule has 1 N–H and O–H groups in total. The van der Waals surface area contributed by atoms with E-state index in [9.17, 15) is 4.79 Å². The maximum Gasteiger partial charge on any atom is 0.251 e. The number of rotatable bonds is 4. The first-order valence-electron chi connectivity index (χ1n) is 10.2. The smallest absolute Gasteiger partial charge is 0.251 e. The summed E-state index contributed by atoms with van der Waals surface area (Å²) in [6, 6.07) is 20.0. The molecule has 3 heterocycles. The second-order valence-corrected chi connectivity index (χ2v) is 8.35.